The van der Waals surface area contributed by atoms with Crippen LogP contribution in [0.25, 0.3) is 0 Å². The van der Waals surface area contributed by atoms with E-state index in [-0.39, 0.29) is 12.3 Å². The van der Waals surface area contributed by atoms with Crippen molar-refractivity contribution >= 4 is 40.7 Å². The third-order valence-corrected chi connectivity index (χ3v) is 4.10. The number of carbonyl (C=O) groups excluding carboxylic acids is 1. The summed E-state index contributed by atoms with van der Waals surface area (Å²) in [4.78, 5) is 12.1. The summed E-state index contributed by atoms with van der Waals surface area (Å²) in [7, 11) is 0. The Morgan fingerprint density at radius 3 is 1.88 bits per heavy atom. The van der Waals surface area contributed by atoms with Gasteiger partial charge in [0.05, 0.1) is 6.42 Å². The Morgan fingerprint density at radius 1 is 0.769 bits per heavy atom. The van der Waals surface area contributed by atoms with Crippen molar-refractivity contribution in [2.24, 2.45) is 0 Å². The topological polar surface area (TPSA) is 66.9 Å². The number of nitrogens with zero attached hydrogens (tertiary/aromatic N) is 2. The van der Waals surface area contributed by atoms with Gasteiger partial charge < -0.3 is 10.6 Å². The van der Waals surface area contributed by atoms with Gasteiger partial charge in [-0.25, -0.2) is 0 Å². The lowest BCUT2D eigenvalue weighted by molar-refractivity contribution is -0.115. The molecule has 1 heterocycles. The fourth-order valence-corrected chi connectivity index (χ4v) is 2.51. The van der Waals surface area contributed by atoms with Gasteiger partial charge in [0.25, 0.3) is 0 Å². The standard InChI is InChI=1S/C19H16Cl2N4O/c20-15-5-1-13(2-6-15)11-19(26)23-18-10-9-17(24-25-18)22-12-14-3-7-16(21)8-4-14/h1-10H,11-12H2,(H,22,24)(H,23,25,26). The molecule has 0 atom stereocenters. The quantitative estimate of drug-likeness (QED) is 0.650. The van der Waals surface area contributed by atoms with Gasteiger partial charge in [0.2, 0.25) is 5.91 Å². The van der Waals surface area contributed by atoms with Crippen LogP contribution < -0.4 is 10.6 Å². The molecule has 26 heavy (non-hydrogen) atoms. The number of benzene rings is 2. The number of anilines is 2. The lowest BCUT2D eigenvalue weighted by Crippen LogP contribution is -2.15. The Balaban J connectivity index is 1.51. The van der Waals surface area contributed by atoms with Gasteiger partial charge in [-0.2, -0.15) is 0 Å². The maximum atomic E-state index is 12.1. The van der Waals surface area contributed by atoms with Gasteiger partial charge in [0.1, 0.15) is 5.82 Å². The molecule has 132 valence electrons. The number of aromatic nitrogens is 2. The number of hydrogen-bond donors (Lipinski definition) is 2. The second-order valence-corrected chi connectivity index (χ2v) is 6.51. The minimum Gasteiger partial charge on any atom is -0.365 e. The van der Waals surface area contributed by atoms with E-state index in [4.69, 9.17) is 23.2 Å². The molecular formula is C19H16Cl2N4O. The average Bonchev–Trinajstić information content (AvgIpc) is 2.64. The lowest BCUT2D eigenvalue weighted by Gasteiger charge is -2.07. The van der Waals surface area contributed by atoms with Crippen molar-refractivity contribution in [2.45, 2.75) is 13.0 Å². The first-order valence-electron chi connectivity index (χ1n) is 7.95. The molecule has 3 rings (SSSR count). The number of nitrogens with one attached hydrogen (secondary N) is 2. The summed E-state index contributed by atoms with van der Waals surface area (Å²) >= 11 is 11.7. The number of rotatable bonds is 6. The van der Waals surface area contributed by atoms with Crippen LogP contribution in [0.15, 0.2) is 60.7 Å². The van der Waals surface area contributed by atoms with Crippen LogP contribution in [0, 0.1) is 0 Å². The lowest BCUT2D eigenvalue weighted by atomic mass is 10.1. The SMILES string of the molecule is O=C(Cc1ccc(Cl)cc1)Nc1ccc(NCc2ccc(Cl)cc2)nn1. The van der Waals surface area contributed by atoms with Gasteiger partial charge in [-0.05, 0) is 47.5 Å². The molecule has 0 saturated heterocycles. The predicted molar refractivity (Wildman–Crippen MR) is 105 cm³/mol. The molecule has 0 radical (unpaired) electrons. The van der Waals surface area contributed by atoms with E-state index < -0.39 is 0 Å². The van der Waals surface area contributed by atoms with Crippen molar-refractivity contribution < 1.29 is 4.79 Å². The van der Waals surface area contributed by atoms with Crippen molar-refractivity contribution in [3.63, 3.8) is 0 Å². The monoisotopic (exact) mass is 386 g/mol. The number of carbonyl (C=O) groups is 1. The van der Waals surface area contributed by atoms with E-state index in [0.29, 0.717) is 28.2 Å². The molecule has 1 amide bonds. The summed E-state index contributed by atoms with van der Waals surface area (Å²) in [5, 5.41) is 15.3. The molecule has 0 aliphatic rings. The maximum absolute atomic E-state index is 12.1. The molecule has 0 spiro atoms. The summed E-state index contributed by atoms with van der Waals surface area (Å²) in [5.74, 6) is 0.861. The molecule has 3 aromatic rings. The zero-order valence-corrected chi connectivity index (χ0v) is 15.3. The van der Waals surface area contributed by atoms with Gasteiger partial charge in [-0.1, -0.05) is 47.5 Å². The second kappa shape index (κ2) is 8.65. The van der Waals surface area contributed by atoms with E-state index >= 15 is 0 Å². The molecule has 0 bridgehead atoms. The Hall–Kier alpha value is -2.63. The molecule has 1 aromatic heterocycles. The second-order valence-electron chi connectivity index (χ2n) is 5.64. The van der Waals surface area contributed by atoms with Crippen molar-refractivity contribution in [3.05, 3.63) is 81.8 Å². The fourth-order valence-electron chi connectivity index (χ4n) is 2.26. The first-order chi connectivity index (χ1) is 12.6. The molecular weight excluding hydrogens is 371 g/mol. The van der Waals surface area contributed by atoms with Gasteiger partial charge >= 0.3 is 0 Å². The first kappa shape index (κ1) is 18.2. The smallest absolute Gasteiger partial charge is 0.229 e. The molecule has 0 saturated carbocycles. The molecule has 0 aliphatic carbocycles. The van der Waals surface area contributed by atoms with Crippen LogP contribution in [0.2, 0.25) is 10.0 Å². The average molecular weight is 387 g/mol. The van der Waals surface area contributed by atoms with Crippen LogP contribution in [-0.2, 0) is 17.8 Å². The number of amides is 1. The third-order valence-electron chi connectivity index (χ3n) is 3.60. The van der Waals surface area contributed by atoms with Crippen molar-refractivity contribution in [3.8, 4) is 0 Å². The highest BCUT2D eigenvalue weighted by atomic mass is 35.5. The largest absolute Gasteiger partial charge is 0.365 e. The summed E-state index contributed by atoms with van der Waals surface area (Å²) in [6.07, 6.45) is 0.245. The van der Waals surface area contributed by atoms with Crippen molar-refractivity contribution in [1.82, 2.24) is 10.2 Å². The zero-order valence-electron chi connectivity index (χ0n) is 13.7. The van der Waals surface area contributed by atoms with E-state index in [9.17, 15) is 4.79 Å². The van der Waals surface area contributed by atoms with Crippen molar-refractivity contribution in [1.29, 1.82) is 0 Å². The first-order valence-corrected chi connectivity index (χ1v) is 8.70. The molecule has 2 aromatic carbocycles. The van der Waals surface area contributed by atoms with Crippen LogP contribution >= 0.6 is 23.2 Å². The molecule has 0 unspecified atom stereocenters. The van der Waals surface area contributed by atoms with Crippen LogP contribution in [0.1, 0.15) is 11.1 Å². The van der Waals surface area contributed by atoms with E-state index in [1.807, 2.05) is 36.4 Å². The van der Waals surface area contributed by atoms with E-state index in [2.05, 4.69) is 20.8 Å². The normalized spacial score (nSPS) is 10.4. The molecule has 2 N–H and O–H groups in total. The van der Waals surface area contributed by atoms with E-state index in [0.717, 1.165) is 11.1 Å². The molecule has 0 aliphatic heterocycles. The number of hydrogen-bond acceptors (Lipinski definition) is 4. The fraction of sp³-hybridized carbons (Fsp3) is 0.105. The van der Waals surface area contributed by atoms with E-state index in [1.165, 1.54) is 0 Å². The molecule has 7 heteroatoms. The van der Waals surface area contributed by atoms with Gasteiger partial charge in [0, 0.05) is 16.6 Å². The van der Waals surface area contributed by atoms with Gasteiger partial charge in [0.15, 0.2) is 5.82 Å². The van der Waals surface area contributed by atoms with Crippen LogP contribution in [0.4, 0.5) is 11.6 Å². The maximum Gasteiger partial charge on any atom is 0.229 e. The minimum atomic E-state index is -0.163. The minimum absolute atomic E-state index is 0.163. The van der Waals surface area contributed by atoms with Crippen molar-refractivity contribution in [2.75, 3.05) is 10.6 Å². The predicted octanol–water partition coefficient (Wildman–Crippen LogP) is 4.58. The highest BCUT2D eigenvalue weighted by Gasteiger charge is 2.06. The third kappa shape index (κ3) is 5.44. The van der Waals surface area contributed by atoms with Crippen LogP contribution in [-0.4, -0.2) is 16.1 Å². The zero-order chi connectivity index (χ0) is 18.4. The highest BCUT2D eigenvalue weighted by molar-refractivity contribution is 6.30. The molecule has 5 nitrogen and oxygen atoms in total. The highest BCUT2D eigenvalue weighted by Crippen LogP contribution is 2.13. The van der Waals surface area contributed by atoms with Gasteiger partial charge in [-0.15, -0.1) is 10.2 Å². The Labute approximate surface area is 161 Å². The summed E-state index contributed by atoms with van der Waals surface area (Å²) < 4.78 is 0. The van der Waals surface area contributed by atoms with Crippen LogP contribution in [0.3, 0.4) is 0 Å². The molecule has 0 fully saturated rings. The Bertz CT molecular complexity index is 866. The number of halogens is 2. The summed E-state index contributed by atoms with van der Waals surface area (Å²) in [6.45, 7) is 0.605. The Morgan fingerprint density at radius 2 is 1.31 bits per heavy atom. The Kier molecular flexibility index (Phi) is 6.04. The summed E-state index contributed by atoms with van der Waals surface area (Å²) in [5.41, 5.74) is 1.96. The van der Waals surface area contributed by atoms with Gasteiger partial charge in [-0.3, -0.25) is 4.79 Å². The summed E-state index contributed by atoms with van der Waals surface area (Å²) in [6, 6.07) is 18.2. The van der Waals surface area contributed by atoms with E-state index in [1.54, 1.807) is 24.3 Å². The van der Waals surface area contributed by atoms with Crippen LogP contribution in [0.5, 0.6) is 0 Å².